The topological polar surface area (TPSA) is 12.0 Å². The first-order valence-electron chi connectivity index (χ1n) is 8.95. The third kappa shape index (κ3) is 2.70. The summed E-state index contributed by atoms with van der Waals surface area (Å²) in [6.45, 7) is 5.59. The lowest BCUT2D eigenvalue weighted by Crippen LogP contribution is -2.47. The number of hydrogen-bond acceptors (Lipinski definition) is 2. The van der Waals surface area contributed by atoms with Crippen LogP contribution in [0, 0.1) is 30.1 Å². The summed E-state index contributed by atoms with van der Waals surface area (Å²) in [6, 6.07) is 5.27. The zero-order chi connectivity index (χ0) is 14.4. The molecule has 116 valence electrons. The molecule has 0 amide bonds. The average molecular weight is 304 g/mol. The van der Waals surface area contributed by atoms with Gasteiger partial charge in [0.15, 0.2) is 0 Å². The van der Waals surface area contributed by atoms with Crippen LogP contribution < -0.4 is 5.32 Å². The standard InChI is InChI=1S/C19H29NS/c1-3-20-17(18-5-4-13(2)21-18)12-19-9-14-6-15(10-19)8-16(7-14)11-19/h4-5,14-17,20H,3,6-12H2,1-2H3. The molecule has 0 aliphatic heterocycles. The molecule has 0 radical (unpaired) electrons. The Hall–Kier alpha value is -0.340. The van der Waals surface area contributed by atoms with Crippen molar-refractivity contribution in [1.82, 2.24) is 5.32 Å². The van der Waals surface area contributed by atoms with E-state index in [1.807, 2.05) is 11.3 Å². The molecule has 4 aliphatic carbocycles. The fourth-order valence-electron chi connectivity index (χ4n) is 6.13. The quantitative estimate of drug-likeness (QED) is 0.777. The Morgan fingerprint density at radius 3 is 2.24 bits per heavy atom. The van der Waals surface area contributed by atoms with Gasteiger partial charge in [0.25, 0.3) is 0 Å². The van der Waals surface area contributed by atoms with Crippen LogP contribution in [-0.2, 0) is 0 Å². The van der Waals surface area contributed by atoms with E-state index in [0.29, 0.717) is 11.5 Å². The van der Waals surface area contributed by atoms with Crippen molar-refractivity contribution in [3.63, 3.8) is 0 Å². The van der Waals surface area contributed by atoms with Crippen molar-refractivity contribution < 1.29 is 0 Å². The van der Waals surface area contributed by atoms with Crippen LogP contribution in [0.4, 0.5) is 0 Å². The van der Waals surface area contributed by atoms with E-state index < -0.39 is 0 Å². The molecule has 1 aromatic rings. The molecule has 1 heterocycles. The van der Waals surface area contributed by atoms with Crippen LogP contribution in [-0.4, -0.2) is 6.54 Å². The highest BCUT2D eigenvalue weighted by Crippen LogP contribution is 2.62. The van der Waals surface area contributed by atoms with Gasteiger partial charge in [-0.15, -0.1) is 11.3 Å². The van der Waals surface area contributed by atoms with Gasteiger partial charge in [-0.3, -0.25) is 0 Å². The highest BCUT2D eigenvalue weighted by Gasteiger charge is 2.51. The Kier molecular flexibility index (Phi) is 3.66. The van der Waals surface area contributed by atoms with E-state index in [0.717, 1.165) is 24.3 Å². The van der Waals surface area contributed by atoms with Crippen molar-refractivity contribution in [2.24, 2.45) is 23.2 Å². The predicted molar refractivity (Wildman–Crippen MR) is 90.7 cm³/mol. The SMILES string of the molecule is CCNC(CC12CC3CC(CC(C3)C1)C2)c1ccc(C)s1. The summed E-state index contributed by atoms with van der Waals surface area (Å²) < 4.78 is 0. The van der Waals surface area contributed by atoms with Crippen LogP contribution >= 0.6 is 11.3 Å². The molecule has 21 heavy (non-hydrogen) atoms. The summed E-state index contributed by atoms with van der Waals surface area (Å²) >= 11 is 2.00. The lowest BCUT2D eigenvalue weighted by molar-refractivity contribution is -0.0620. The molecule has 4 saturated carbocycles. The fourth-order valence-corrected chi connectivity index (χ4v) is 7.09. The van der Waals surface area contributed by atoms with E-state index in [4.69, 9.17) is 0 Å². The second kappa shape index (κ2) is 5.38. The fraction of sp³-hybridized carbons (Fsp3) is 0.789. The van der Waals surface area contributed by atoms with Crippen molar-refractivity contribution in [2.75, 3.05) is 6.54 Å². The third-order valence-corrected chi connectivity index (χ3v) is 7.47. The van der Waals surface area contributed by atoms with Gasteiger partial charge < -0.3 is 5.32 Å². The number of thiophene rings is 1. The van der Waals surface area contributed by atoms with Crippen LogP contribution in [0.2, 0.25) is 0 Å². The van der Waals surface area contributed by atoms with Gasteiger partial charge in [0.2, 0.25) is 0 Å². The zero-order valence-corrected chi connectivity index (χ0v) is 14.3. The molecule has 2 heteroatoms. The van der Waals surface area contributed by atoms with Crippen molar-refractivity contribution in [3.8, 4) is 0 Å². The third-order valence-electron chi connectivity index (χ3n) is 6.36. The largest absolute Gasteiger partial charge is 0.310 e. The van der Waals surface area contributed by atoms with Gasteiger partial charge in [-0.25, -0.2) is 0 Å². The molecule has 4 bridgehead atoms. The van der Waals surface area contributed by atoms with Gasteiger partial charge in [-0.2, -0.15) is 0 Å². The Morgan fingerprint density at radius 1 is 1.14 bits per heavy atom. The minimum Gasteiger partial charge on any atom is -0.310 e. The smallest absolute Gasteiger partial charge is 0.0420 e. The van der Waals surface area contributed by atoms with Gasteiger partial charge in [0.05, 0.1) is 0 Å². The molecule has 4 aliphatic rings. The summed E-state index contributed by atoms with van der Waals surface area (Å²) in [5.74, 6) is 3.22. The molecule has 4 fully saturated rings. The number of hydrogen-bond donors (Lipinski definition) is 1. The summed E-state index contributed by atoms with van der Waals surface area (Å²) in [5.41, 5.74) is 0.680. The first-order valence-corrected chi connectivity index (χ1v) is 9.77. The number of nitrogens with one attached hydrogen (secondary N) is 1. The molecule has 0 aromatic carbocycles. The Balaban J connectivity index is 1.55. The number of rotatable bonds is 5. The number of aryl methyl sites for hydroxylation is 1. The van der Waals surface area contributed by atoms with Gasteiger partial charge >= 0.3 is 0 Å². The lowest BCUT2D eigenvalue weighted by Gasteiger charge is -2.57. The van der Waals surface area contributed by atoms with Crippen LogP contribution in [0.5, 0.6) is 0 Å². The average Bonchev–Trinajstić information content (AvgIpc) is 2.83. The van der Waals surface area contributed by atoms with Crippen molar-refractivity contribution in [2.45, 2.75) is 64.8 Å². The van der Waals surface area contributed by atoms with Crippen LogP contribution in [0.3, 0.4) is 0 Å². The first-order chi connectivity index (χ1) is 10.2. The molecule has 1 N–H and O–H groups in total. The van der Waals surface area contributed by atoms with Crippen molar-refractivity contribution in [1.29, 1.82) is 0 Å². The second-order valence-electron chi connectivity index (χ2n) is 8.18. The van der Waals surface area contributed by atoms with E-state index in [9.17, 15) is 0 Å². The van der Waals surface area contributed by atoms with E-state index in [1.54, 1.807) is 24.1 Å². The first kappa shape index (κ1) is 14.3. The molecular formula is C19H29NS. The maximum Gasteiger partial charge on any atom is 0.0420 e. The Morgan fingerprint density at radius 2 is 1.76 bits per heavy atom. The summed E-state index contributed by atoms with van der Waals surface area (Å²) in [6.07, 6.45) is 10.7. The van der Waals surface area contributed by atoms with E-state index in [-0.39, 0.29) is 0 Å². The Labute approximate surface area is 133 Å². The minimum atomic E-state index is 0.602. The second-order valence-corrected chi connectivity index (χ2v) is 9.50. The van der Waals surface area contributed by atoms with Gasteiger partial charge in [0, 0.05) is 15.8 Å². The van der Waals surface area contributed by atoms with Gasteiger partial charge in [0.1, 0.15) is 0 Å². The van der Waals surface area contributed by atoms with Crippen molar-refractivity contribution >= 4 is 11.3 Å². The monoisotopic (exact) mass is 303 g/mol. The van der Waals surface area contributed by atoms with Crippen LogP contribution in [0.25, 0.3) is 0 Å². The van der Waals surface area contributed by atoms with E-state index in [1.165, 1.54) is 30.6 Å². The normalized spacial score (nSPS) is 38.9. The minimum absolute atomic E-state index is 0.602. The molecule has 1 nitrogen and oxygen atoms in total. The molecule has 0 saturated heterocycles. The molecule has 5 rings (SSSR count). The van der Waals surface area contributed by atoms with Gasteiger partial charge in [-0.05, 0) is 93.7 Å². The Bertz CT molecular complexity index is 468. The molecule has 0 spiro atoms. The summed E-state index contributed by atoms with van der Waals surface area (Å²) in [7, 11) is 0. The van der Waals surface area contributed by atoms with E-state index in [2.05, 4.69) is 31.3 Å². The lowest BCUT2D eigenvalue weighted by atomic mass is 9.48. The van der Waals surface area contributed by atoms with Crippen LogP contribution in [0.1, 0.15) is 67.7 Å². The predicted octanol–water partition coefficient (Wildman–Crippen LogP) is 5.31. The highest BCUT2D eigenvalue weighted by atomic mass is 32.1. The van der Waals surface area contributed by atoms with E-state index >= 15 is 0 Å². The maximum absolute atomic E-state index is 3.80. The molecule has 1 atom stereocenters. The maximum atomic E-state index is 3.80. The zero-order valence-electron chi connectivity index (χ0n) is 13.5. The molecular weight excluding hydrogens is 274 g/mol. The van der Waals surface area contributed by atoms with Gasteiger partial charge in [-0.1, -0.05) is 6.92 Å². The summed E-state index contributed by atoms with van der Waals surface area (Å²) in [4.78, 5) is 3.03. The highest BCUT2D eigenvalue weighted by molar-refractivity contribution is 7.12. The molecule has 1 aromatic heterocycles. The summed E-state index contributed by atoms with van der Waals surface area (Å²) in [5, 5.41) is 3.80. The van der Waals surface area contributed by atoms with Crippen LogP contribution in [0.15, 0.2) is 12.1 Å². The van der Waals surface area contributed by atoms with Crippen molar-refractivity contribution in [3.05, 3.63) is 21.9 Å². The molecule has 1 unspecified atom stereocenters.